The van der Waals surface area contributed by atoms with E-state index in [1.165, 1.54) is 45.6 Å². The maximum Gasteiger partial charge on any atom is 0.380 e. The number of aliphatic hydroxyl groups is 1. The molecule has 0 saturated heterocycles. The third-order valence-corrected chi connectivity index (χ3v) is 8.16. The summed E-state index contributed by atoms with van der Waals surface area (Å²) in [5.41, 5.74) is 2.26. The Morgan fingerprint density at radius 1 is 1.18 bits per heavy atom. The molecule has 0 aromatic heterocycles. The van der Waals surface area contributed by atoms with Gasteiger partial charge in [-0.15, -0.1) is 0 Å². The Bertz CT molecular complexity index is 855. The first-order chi connectivity index (χ1) is 13.3. The second-order valence-electron chi connectivity index (χ2n) is 8.84. The van der Waals surface area contributed by atoms with Crippen molar-refractivity contribution in [2.24, 2.45) is 22.4 Å². The van der Waals surface area contributed by atoms with Crippen LogP contribution in [0, 0.1) is 17.3 Å². The summed E-state index contributed by atoms with van der Waals surface area (Å²) in [7, 11) is -2.68. The fraction of sp³-hybridized carbons (Fsp3) is 0.714. The molecule has 4 rings (SSSR count). The Balaban J connectivity index is 1.75. The molecule has 5 atom stereocenters. The van der Waals surface area contributed by atoms with Crippen LogP contribution in [0.4, 0.5) is 0 Å². The average molecular weight is 410 g/mol. The largest absolute Gasteiger partial charge is 0.493 e. The number of methoxy groups -OCH3 is 1. The van der Waals surface area contributed by atoms with E-state index in [1.54, 1.807) is 6.07 Å². The summed E-state index contributed by atoms with van der Waals surface area (Å²) in [6.07, 6.45) is 8.81. The number of nitrogens with two attached hydrogens (primary N) is 1. The highest BCUT2D eigenvalue weighted by Crippen LogP contribution is 2.62. The lowest BCUT2D eigenvalue weighted by molar-refractivity contribution is -0.0414. The van der Waals surface area contributed by atoms with Crippen molar-refractivity contribution in [2.75, 3.05) is 7.11 Å². The van der Waals surface area contributed by atoms with Crippen LogP contribution in [0.2, 0.25) is 0 Å². The van der Waals surface area contributed by atoms with Crippen molar-refractivity contribution in [3.05, 3.63) is 23.3 Å². The van der Waals surface area contributed by atoms with E-state index in [9.17, 15) is 13.5 Å². The lowest BCUT2D eigenvalue weighted by Gasteiger charge is -2.56. The Kier molecular flexibility index (Phi) is 5.13. The van der Waals surface area contributed by atoms with Crippen molar-refractivity contribution in [1.82, 2.24) is 0 Å². The van der Waals surface area contributed by atoms with E-state index in [2.05, 4.69) is 6.92 Å². The average Bonchev–Trinajstić information content (AvgIpc) is 2.66. The minimum Gasteiger partial charge on any atom is -0.493 e. The molecule has 0 heterocycles. The molecule has 156 valence electrons. The summed E-state index contributed by atoms with van der Waals surface area (Å²) in [4.78, 5) is 0. The topological polar surface area (TPSA) is 98.9 Å². The minimum absolute atomic E-state index is 0.0395. The van der Waals surface area contributed by atoms with Crippen molar-refractivity contribution in [3.8, 4) is 11.5 Å². The van der Waals surface area contributed by atoms with E-state index < -0.39 is 16.4 Å². The van der Waals surface area contributed by atoms with Gasteiger partial charge in [0.2, 0.25) is 0 Å². The highest BCUT2D eigenvalue weighted by Gasteiger charge is 2.51. The first-order valence-electron chi connectivity index (χ1n) is 10.4. The summed E-state index contributed by atoms with van der Waals surface area (Å²) in [6.45, 7) is 2.33. The monoisotopic (exact) mass is 409 g/mol. The molecular formula is C21H31NO5S. The first kappa shape index (κ1) is 20.0. The molecule has 3 aliphatic carbocycles. The summed E-state index contributed by atoms with van der Waals surface area (Å²) >= 11 is 0. The summed E-state index contributed by atoms with van der Waals surface area (Å²) in [5.74, 6) is 1.87. The van der Waals surface area contributed by atoms with E-state index in [4.69, 9.17) is 14.1 Å². The molecule has 0 amide bonds. The van der Waals surface area contributed by atoms with Gasteiger partial charge in [-0.1, -0.05) is 26.2 Å². The normalized spacial score (nSPS) is 34.7. The smallest absolute Gasteiger partial charge is 0.380 e. The molecule has 1 aromatic carbocycles. The fourth-order valence-corrected chi connectivity index (χ4v) is 6.90. The van der Waals surface area contributed by atoms with Crippen LogP contribution in [0.1, 0.15) is 81.4 Å². The predicted molar refractivity (Wildman–Crippen MR) is 106 cm³/mol. The molecule has 0 bridgehead atoms. The predicted octanol–water partition coefficient (Wildman–Crippen LogP) is 3.79. The van der Waals surface area contributed by atoms with E-state index >= 15 is 0 Å². The van der Waals surface area contributed by atoms with Crippen molar-refractivity contribution in [3.63, 3.8) is 0 Å². The van der Waals surface area contributed by atoms with Crippen molar-refractivity contribution < 1.29 is 22.4 Å². The maximum atomic E-state index is 11.4. The van der Waals surface area contributed by atoms with Gasteiger partial charge in [0.15, 0.2) is 11.5 Å². The minimum atomic E-state index is -4.17. The molecule has 1 aromatic rings. The van der Waals surface area contributed by atoms with E-state index in [0.29, 0.717) is 28.9 Å². The number of rotatable bonds is 4. The van der Waals surface area contributed by atoms with Crippen LogP contribution >= 0.6 is 0 Å². The van der Waals surface area contributed by atoms with E-state index in [-0.39, 0.29) is 5.75 Å². The Hall–Kier alpha value is -1.31. The second kappa shape index (κ2) is 7.18. The van der Waals surface area contributed by atoms with Gasteiger partial charge in [-0.2, -0.15) is 13.6 Å². The van der Waals surface area contributed by atoms with Gasteiger partial charge in [0.25, 0.3) is 0 Å². The molecule has 2 fully saturated rings. The van der Waals surface area contributed by atoms with Gasteiger partial charge in [-0.25, -0.2) is 0 Å². The van der Waals surface area contributed by atoms with E-state index in [1.807, 2.05) is 6.07 Å². The number of fused-ring (bicyclic) bond motifs is 5. The highest BCUT2D eigenvalue weighted by atomic mass is 32.2. The van der Waals surface area contributed by atoms with Gasteiger partial charge in [0.1, 0.15) is 0 Å². The highest BCUT2D eigenvalue weighted by molar-refractivity contribution is 7.84. The number of benzene rings is 1. The third kappa shape index (κ3) is 3.31. The second-order valence-corrected chi connectivity index (χ2v) is 9.99. The summed E-state index contributed by atoms with van der Waals surface area (Å²) in [6, 6.07) is 3.46. The maximum absolute atomic E-state index is 11.4. The molecule has 28 heavy (non-hydrogen) atoms. The Morgan fingerprint density at radius 2 is 1.93 bits per heavy atom. The van der Waals surface area contributed by atoms with E-state index in [0.717, 1.165) is 24.0 Å². The lowest BCUT2D eigenvalue weighted by atomic mass is 9.49. The van der Waals surface area contributed by atoms with Crippen molar-refractivity contribution >= 4 is 10.3 Å². The molecule has 6 nitrogen and oxygen atoms in total. The van der Waals surface area contributed by atoms with Crippen LogP contribution in [-0.4, -0.2) is 20.6 Å². The standard InChI is InChI=1S/C21H31NO5S/c1-3-21-8-5-4-6-17(21)15-10-18(23)16-12-20(27-28(22,24)25)19(26-2)11-14(16)13(15)7-9-21/h11-13,15,17-18,23H,3-10H2,1-2H3,(H2,22,24,25)/t13-,15-,17+,18+,21+/m1/s1. The molecule has 2 saturated carbocycles. The molecule has 3 aliphatic rings. The van der Waals surface area contributed by atoms with Gasteiger partial charge in [-0.3, -0.25) is 0 Å². The van der Waals surface area contributed by atoms with Crippen LogP contribution in [0.25, 0.3) is 0 Å². The van der Waals surface area contributed by atoms with Crippen LogP contribution in [0.5, 0.6) is 11.5 Å². The summed E-state index contributed by atoms with van der Waals surface area (Å²) in [5, 5.41) is 16.0. The molecule has 0 radical (unpaired) electrons. The number of aliphatic hydroxyl groups excluding tert-OH is 1. The SMILES string of the molecule is CC[C@@]12CCCC[C@H]1[C@@H]1C[C@H](O)c3cc(OS(N)(=O)=O)c(OC)cc3[C@H]1CC2. The summed E-state index contributed by atoms with van der Waals surface area (Å²) < 4.78 is 33.1. The molecule has 7 heteroatoms. The van der Waals surface area contributed by atoms with Gasteiger partial charge < -0.3 is 14.0 Å². The van der Waals surface area contributed by atoms with Gasteiger partial charge in [-0.05, 0) is 78.5 Å². The van der Waals surface area contributed by atoms with Crippen molar-refractivity contribution in [2.45, 2.75) is 70.3 Å². The molecule has 3 N–H and O–H groups in total. The number of ether oxygens (including phenoxy) is 1. The Morgan fingerprint density at radius 3 is 2.61 bits per heavy atom. The van der Waals surface area contributed by atoms with Crippen LogP contribution in [-0.2, 0) is 10.3 Å². The van der Waals surface area contributed by atoms with Gasteiger partial charge in [0.05, 0.1) is 13.2 Å². The fourth-order valence-electron chi connectivity index (χ4n) is 6.51. The molecule has 0 aliphatic heterocycles. The molecular weight excluding hydrogens is 378 g/mol. The quantitative estimate of drug-likeness (QED) is 0.788. The zero-order chi connectivity index (χ0) is 20.1. The van der Waals surface area contributed by atoms with Crippen LogP contribution in [0.3, 0.4) is 0 Å². The first-order valence-corrected chi connectivity index (χ1v) is 11.9. The Labute approximate surface area is 167 Å². The molecule has 0 spiro atoms. The lowest BCUT2D eigenvalue weighted by Crippen LogP contribution is -2.46. The zero-order valence-corrected chi connectivity index (χ0v) is 17.5. The van der Waals surface area contributed by atoms with Gasteiger partial charge >= 0.3 is 10.3 Å². The number of hydrogen-bond acceptors (Lipinski definition) is 5. The van der Waals surface area contributed by atoms with Crippen molar-refractivity contribution in [1.29, 1.82) is 0 Å². The zero-order valence-electron chi connectivity index (χ0n) is 16.7. The van der Waals surface area contributed by atoms with Crippen LogP contribution < -0.4 is 14.1 Å². The van der Waals surface area contributed by atoms with Gasteiger partial charge in [0, 0.05) is 0 Å². The third-order valence-electron chi connectivity index (χ3n) is 7.75. The number of hydrogen-bond donors (Lipinski definition) is 2. The molecule has 0 unspecified atom stereocenters. The van der Waals surface area contributed by atoms with Crippen LogP contribution in [0.15, 0.2) is 12.1 Å².